The third-order valence-corrected chi connectivity index (χ3v) is 3.32. The number of nitrogens with one attached hydrogen (secondary N) is 1. The Labute approximate surface area is 91.7 Å². The Morgan fingerprint density at radius 1 is 1.33 bits per heavy atom. The summed E-state index contributed by atoms with van der Waals surface area (Å²) >= 11 is 0. The molecule has 1 unspecified atom stereocenters. The van der Waals surface area contributed by atoms with Gasteiger partial charge in [-0.3, -0.25) is 10.3 Å². The summed E-state index contributed by atoms with van der Waals surface area (Å²) in [6.07, 6.45) is 2.12. The first-order valence-electron chi connectivity index (χ1n) is 5.91. The summed E-state index contributed by atoms with van der Waals surface area (Å²) in [5.74, 6) is 0.829. The molecule has 15 heavy (non-hydrogen) atoms. The van der Waals surface area contributed by atoms with Crippen molar-refractivity contribution in [2.24, 2.45) is 0 Å². The molecule has 2 fully saturated rings. The molecule has 0 aliphatic carbocycles. The summed E-state index contributed by atoms with van der Waals surface area (Å²) in [4.78, 5) is 4.69. The van der Waals surface area contributed by atoms with E-state index in [9.17, 15) is 0 Å². The number of nitrogens with zero attached hydrogens (tertiary/aromatic N) is 2. The smallest absolute Gasteiger partial charge is 0.0961 e. The van der Waals surface area contributed by atoms with Crippen molar-refractivity contribution in [3.05, 3.63) is 0 Å². The molecule has 0 spiro atoms. The van der Waals surface area contributed by atoms with Gasteiger partial charge in [-0.05, 0) is 13.3 Å². The molecule has 0 saturated carbocycles. The minimum Gasteiger partial charge on any atom is -0.379 e. The molecule has 4 nitrogen and oxygen atoms in total. The lowest BCUT2D eigenvalue weighted by Gasteiger charge is -2.33. The predicted octanol–water partition coefficient (Wildman–Crippen LogP) is 0.780. The normalized spacial score (nSPS) is 25.9. The van der Waals surface area contributed by atoms with Crippen molar-refractivity contribution in [1.82, 2.24) is 9.80 Å². The Bertz CT molecular complexity index is 226. The van der Waals surface area contributed by atoms with Crippen molar-refractivity contribution >= 4 is 5.84 Å². The molecule has 1 atom stereocenters. The highest BCUT2D eigenvalue weighted by Crippen LogP contribution is 2.14. The summed E-state index contributed by atoms with van der Waals surface area (Å²) in [6.45, 7) is 8.21. The van der Waals surface area contributed by atoms with Crippen LogP contribution >= 0.6 is 0 Å². The van der Waals surface area contributed by atoms with Gasteiger partial charge >= 0.3 is 0 Å². The first-order chi connectivity index (χ1) is 7.27. The molecule has 2 aliphatic rings. The maximum absolute atomic E-state index is 7.84. The van der Waals surface area contributed by atoms with E-state index >= 15 is 0 Å². The SMILES string of the molecule is CC(CN1CCOCC1)N1CCCC1=N. The van der Waals surface area contributed by atoms with Crippen LogP contribution in [0.1, 0.15) is 19.8 Å². The van der Waals surface area contributed by atoms with Gasteiger partial charge in [0.25, 0.3) is 0 Å². The molecule has 0 aromatic carbocycles. The van der Waals surface area contributed by atoms with Crippen LogP contribution in [0.25, 0.3) is 0 Å². The first-order valence-corrected chi connectivity index (χ1v) is 5.91. The predicted molar refractivity (Wildman–Crippen MR) is 60.4 cm³/mol. The molecule has 0 bridgehead atoms. The molecule has 2 saturated heterocycles. The van der Waals surface area contributed by atoms with Gasteiger partial charge in [0.05, 0.1) is 19.0 Å². The lowest BCUT2D eigenvalue weighted by molar-refractivity contribution is 0.0301. The van der Waals surface area contributed by atoms with Crippen molar-refractivity contribution in [1.29, 1.82) is 5.41 Å². The monoisotopic (exact) mass is 211 g/mol. The highest BCUT2D eigenvalue weighted by atomic mass is 16.5. The van der Waals surface area contributed by atoms with E-state index in [-0.39, 0.29) is 0 Å². The largest absolute Gasteiger partial charge is 0.379 e. The van der Waals surface area contributed by atoms with Crippen LogP contribution in [0.2, 0.25) is 0 Å². The molecule has 2 rings (SSSR count). The van der Waals surface area contributed by atoms with Crippen molar-refractivity contribution in [2.75, 3.05) is 39.4 Å². The summed E-state index contributed by atoms with van der Waals surface area (Å²) in [7, 11) is 0. The molecule has 2 heterocycles. The molecule has 2 aliphatic heterocycles. The van der Waals surface area contributed by atoms with Crippen LogP contribution in [0.15, 0.2) is 0 Å². The fraction of sp³-hybridized carbons (Fsp3) is 0.909. The standard InChI is InChI=1S/C11H21N3O/c1-10(14-4-2-3-11(14)12)9-13-5-7-15-8-6-13/h10,12H,2-9H2,1H3. The topological polar surface area (TPSA) is 39.6 Å². The lowest BCUT2D eigenvalue weighted by atomic mass is 10.2. The molecule has 0 radical (unpaired) electrons. The number of hydrogen-bond donors (Lipinski definition) is 1. The van der Waals surface area contributed by atoms with Crippen molar-refractivity contribution in [3.63, 3.8) is 0 Å². The van der Waals surface area contributed by atoms with Crippen LogP contribution in [-0.2, 0) is 4.74 Å². The van der Waals surface area contributed by atoms with Crippen LogP contribution < -0.4 is 0 Å². The average molecular weight is 211 g/mol. The minimum atomic E-state index is 0.484. The molecule has 0 aromatic heterocycles. The fourth-order valence-corrected chi connectivity index (χ4v) is 2.44. The molecule has 86 valence electrons. The summed E-state index contributed by atoms with van der Waals surface area (Å²) in [5, 5.41) is 7.84. The van der Waals surface area contributed by atoms with Crippen LogP contribution in [-0.4, -0.2) is 61.1 Å². The Balaban J connectivity index is 1.80. The van der Waals surface area contributed by atoms with Gasteiger partial charge in [-0.1, -0.05) is 0 Å². The van der Waals surface area contributed by atoms with Gasteiger partial charge in [-0.15, -0.1) is 0 Å². The van der Waals surface area contributed by atoms with E-state index in [1.165, 1.54) is 0 Å². The van der Waals surface area contributed by atoms with E-state index in [1.54, 1.807) is 0 Å². The second kappa shape index (κ2) is 4.94. The number of rotatable bonds is 3. The second-order valence-corrected chi connectivity index (χ2v) is 4.51. The highest BCUT2D eigenvalue weighted by Gasteiger charge is 2.24. The molecule has 0 aromatic rings. The fourth-order valence-electron chi connectivity index (χ4n) is 2.44. The average Bonchev–Trinajstić information content (AvgIpc) is 2.66. The first kappa shape index (κ1) is 10.9. The molecular weight excluding hydrogens is 190 g/mol. The second-order valence-electron chi connectivity index (χ2n) is 4.51. The van der Waals surface area contributed by atoms with Gasteiger partial charge in [0, 0.05) is 38.6 Å². The minimum absolute atomic E-state index is 0.484. The third kappa shape index (κ3) is 2.69. The summed E-state index contributed by atoms with van der Waals surface area (Å²) in [5.41, 5.74) is 0. The highest BCUT2D eigenvalue weighted by molar-refractivity contribution is 5.81. The van der Waals surface area contributed by atoms with Crippen molar-refractivity contribution < 1.29 is 4.74 Å². The van der Waals surface area contributed by atoms with Gasteiger partial charge in [-0.25, -0.2) is 0 Å². The Morgan fingerprint density at radius 2 is 2.07 bits per heavy atom. The van der Waals surface area contributed by atoms with Crippen LogP contribution in [0.4, 0.5) is 0 Å². The van der Waals surface area contributed by atoms with Gasteiger partial charge in [0.2, 0.25) is 0 Å². The van der Waals surface area contributed by atoms with Gasteiger partial charge in [0.15, 0.2) is 0 Å². The third-order valence-electron chi connectivity index (χ3n) is 3.32. The van der Waals surface area contributed by atoms with E-state index in [1.807, 2.05) is 0 Å². The Hall–Kier alpha value is -0.610. The molecule has 0 amide bonds. The number of hydrogen-bond acceptors (Lipinski definition) is 3. The Kier molecular flexibility index (Phi) is 3.59. The number of morpholine rings is 1. The summed E-state index contributed by atoms with van der Waals surface area (Å²) < 4.78 is 5.33. The zero-order chi connectivity index (χ0) is 10.7. The molecular formula is C11H21N3O. The van der Waals surface area contributed by atoms with E-state index in [0.29, 0.717) is 6.04 Å². The van der Waals surface area contributed by atoms with Crippen LogP contribution in [0, 0.1) is 5.41 Å². The van der Waals surface area contributed by atoms with Crippen LogP contribution in [0.5, 0.6) is 0 Å². The van der Waals surface area contributed by atoms with Gasteiger partial charge in [0.1, 0.15) is 0 Å². The summed E-state index contributed by atoms with van der Waals surface area (Å²) in [6, 6.07) is 0.484. The van der Waals surface area contributed by atoms with Crippen molar-refractivity contribution in [2.45, 2.75) is 25.8 Å². The van der Waals surface area contributed by atoms with E-state index < -0.39 is 0 Å². The maximum Gasteiger partial charge on any atom is 0.0961 e. The van der Waals surface area contributed by atoms with E-state index in [2.05, 4.69) is 16.7 Å². The zero-order valence-electron chi connectivity index (χ0n) is 9.54. The molecule has 1 N–H and O–H groups in total. The van der Waals surface area contributed by atoms with Crippen molar-refractivity contribution in [3.8, 4) is 0 Å². The molecule has 4 heteroatoms. The zero-order valence-corrected chi connectivity index (χ0v) is 9.54. The number of likely N-dealkylation sites (tertiary alicyclic amines) is 1. The van der Waals surface area contributed by atoms with Gasteiger partial charge < -0.3 is 9.64 Å². The quantitative estimate of drug-likeness (QED) is 0.750. The number of amidine groups is 1. The Morgan fingerprint density at radius 3 is 2.67 bits per heavy atom. The number of ether oxygens (including phenoxy) is 1. The van der Waals surface area contributed by atoms with Crippen LogP contribution in [0.3, 0.4) is 0 Å². The maximum atomic E-state index is 7.84. The van der Waals surface area contributed by atoms with Gasteiger partial charge in [-0.2, -0.15) is 0 Å². The van der Waals surface area contributed by atoms with E-state index in [0.717, 1.165) is 58.1 Å². The lowest BCUT2D eigenvalue weighted by Crippen LogP contribution is -2.46. The van der Waals surface area contributed by atoms with E-state index in [4.69, 9.17) is 10.1 Å².